The molecule has 0 aromatic carbocycles. The third kappa shape index (κ3) is 3.22. The summed E-state index contributed by atoms with van der Waals surface area (Å²) in [7, 11) is 1.57. The fourth-order valence-electron chi connectivity index (χ4n) is 2.39. The Morgan fingerprint density at radius 1 is 1.40 bits per heavy atom. The lowest BCUT2D eigenvalue weighted by Gasteiger charge is -2.38. The molecule has 1 aliphatic rings. The minimum Gasteiger partial charge on any atom is -0.388 e. The summed E-state index contributed by atoms with van der Waals surface area (Å²) in [4.78, 5) is 17.8. The van der Waals surface area contributed by atoms with Crippen LogP contribution in [-0.2, 0) is 4.79 Å². The molecule has 0 spiro atoms. The number of nitrogens with one attached hydrogen (secondary N) is 1. The van der Waals surface area contributed by atoms with E-state index in [1.165, 1.54) is 0 Å². The molecular weight excluding hydrogens is 258 g/mol. The lowest BCUT2D eigenvalue weighted by molar-refractivity contribution is -0.125. The number of anilines is 1. The van der Waals surface area contributed by atoms with Crippen molar-refractivity contribution < 1.29 is 9.90 Å². The van der Waals surface area contributed by atoms with Gasteiger partial charge in [0.15, 0.2) is 0 Å². The Hall–Kier alpha value is -1.76. The number of amides is 1. The molecule has 0 radical (unpaired) electrons. The molecule has 0 aliphatic carbocycles. The van der Waals surface area contributed by atoms with Crippen molar-refractivity contribution in [3.05, 3.63) is 11.4 Å². The molecule has 2 rings (SSSR count). The van der Waals surface area contributed by atoms with Gasteiger partial charge in [-0.05, 0) is 26.7 Å². The molecule has 1 aromatic heterocycles. The molecule has 0 bridgehead atoms. The number of hydrogen-bond donors (Lipinski definition) is 2. The van der Waals surface area contributed by atoms with Crippen molar-refractivity contribution >= 4 is 11.9 Å². The van der Waals surface area contributed by atoms with E-state index in [9.17, 15) is 9.90 Å². The van der Waals surface area contributed by atoms with E-state index in [1.54, 1.807) is 7.05 Å². The van der Waals surface area contributed by atoms with Crippen LogP contribution in [0.5, 0.6) is 0 Å². The van der Waals surface area contributed by atoms with Crippen molar-refractivity contribution in [3.8, 4) is 0 Å². The summed E-state index contributed by atoms with van der Waals surface area (Å²) in [5.41, 5.74) is 0.599. The van der Waals surface area contributed by atoms with Crippen molar-refractivity contribution in [3.63, 3.8) is 0 Å². The van der Waals surface area contributed by atoms with Crippen LogP contribution in [0.3, 0.4) is 0 Å². The maximum atomic E-state index is 11.5. The predicted octanol–water partition coefficient (Wildman–Crippen LogP) is -0.0442. The number of carbonyl (C=O) groups excluding carboxylic acids is 1. The van der Waals surface area contributed by atoms with Gasteiger partial charge < -0.3 is 15.3 Å². The Bertz CT molecular complexity index is 508. The molecule has 2 N–H and O–H groups in total. The fourth-order valence-corrected chi connectivity index (χ4v) is 2.39. The summed E-state index contributed by atoms with van der Waals surface area (Å²) in [5, 5.41) is 21.2. The molecular formula is C13H21N5O2. The number of aromatic nitrogens is 3. The average molecular weight is 279 g/mol. The number of carbonyl (C=O) groups is 1. The summed E-state index contributed by atoms with van der Waals surface area (Å²) in [6.07, 6.45) is 1.50. The molecule has 7 heteroatoms. The van der Waals surface area contributed by atoms with Crippen LogP contribution in [0.1, 0.15) is 30.7 Å². The Morgan fingerprint density at radius 2 is 2.15 bits per heavy atom. The van der Waals surface area contributed by atoms with E-state index >= 15 is 0 Å². The SMILES string of the molecule is CNC(=O)CC1(O)CCCN(c2nnc(C)c(C)n2)C1. The summed E-state index contributed by atoms with van der Waals surface area (Å²) < 4.78 is 0. The standard InChI is InChI=1S/C13H21N5O2/c1-9-10(2)16-17-12(15-9)18-6-4-5-13(20,8-18)7-11(19)14-3/h20H,4-8H2,1-3H3,(H,14,19). The van der Waals surface area contributed by atoms with Gasteiger partial charge in [0.1, 0.15) is 0 Å². The quantitative estimate of drug-likeness (QED) is 0.806. The second-order valence-electron chi connectivity index (χ2n) is 5.38. The Morgan fingerprint density at radius 3 is 2.80 bits per heavy atom. The van der Waals surface area contributed by atoms with Gasteiger partial charge in [-0.3, -0.25) is 4.79 Å². The van der Waals surface area contributed by atoms with Gasteiger partial charge in [0.25, 0.3) is 0 Å². The third-order valence-electron chi connectivity index (χ3n) is 3.69. The van der Waals surface area contributed by atoms with Crippen LogP contribution in [-0.4, -0.2) is 51.9 Å². The molecule has 1 fully saturated rings. The number of nitrogens with zero attached hydrogens (tertiary/aromatic N) is 4. The number of hydrogen-bond acceptors (Lipinski definition) is 6. The van der Waals surface area contributed by atoms with E-state index in [1.807, 2.05) is 18.7 Å². The van der Waals surface area contributed by atoms with E-state index < -0.39 is 5.60 Å². The van der Waals surface area contributed by atoms with Crippen LogP contribution in [0.15, 0.2) is 0 Å². The van der Waals surface area contributed by atoms with Crippen molar-refractivity contribution in [1.82, 2.24) is 20.5 Å². The molecule has 1 saturated heterocycles. The van der Waals surface area contributed by atoms with Crippen LogP contribution in [0, 0.1) is 13.8 Å². The minimum atomic E-state index is -1.03. The number of piperidine rings is 1. The van der Waals surface area contributed by atoms with Gasteiger partial charge in [-0.2, -0.15) is 5.10 Å². The molecule has 1 aromatic rings. The average Bonchev–Trinajstić information content (AvgIpc) is 2.41. The minimum absolute atomic E-state index is 0.0955. The monoisotopic (exact) mass is 279 g/mol. The largest absolute Gasteiger partial charge is 0.388 e. The van der Waals surface area contributed by atoms with Crippen LogP contribution in [0.2, 0.25) is 0 Å². The van der Waals surface area contributed by atoms with Crippen LogP contribution < -0.4 is 10.2 Å². The summed E-state index contributed by atoms with van der Waals surface area (Å²) in [6, 6.07) is 0. The lowest BCUT2D eigenvalue weighted by Crippen LogP contribution is -2.51. The van der Waals surface area contributed by atoms with E-state index in [4.69, 9.17) is 0 Å². The zero-order chi connectivity index (χ0) is 14.8. The zero-order valence-electron chi connectivity index (χ0n) is 12.2. The zero-order valence-corrected chi connectivity index (χ0v) is 12.2. The van der Waals surface area contributed by atoms with Crippen molar-refractivity contribution in [2.24, 2.45) is 0 Å². The Kier molecular flexibility index (Phi) is 4.17. The molecule has 0 saturated carbocycles. The second-order valence-corrected chi connectivity index (χ2v) is 5.38. The molecule has 1 amide bonds. The molecule has 110 valence electrons. The van der Waals surface area contributed by atoms with Gasteiger partial charge in [-0.1, -0.05) is 0 Å². The highest BCUT2D eigenvalue weighted by Gasteiger charge is 2.36. The molecule has 1 aliphatic heterocycles. The van der Waals surface area contributed by atoms with E-state index in [0.29, 0.717) is 18.9 Å². The van der Waals surface area contributed by atoms with Crippen molar-refractivity contribution in [2.75, 3.05) is 25.0 Å². The summed E-state index contributed by atoms with van der Waals surface area (Å²) in [5.74, 6) is 0.358. The smallest absolute Gasteiger partial charge is 0.245 e. The number of aryl methyl sites for hydroxylation is 2. The molecule has 1 unspecified atom stereocenters. The molecule has 2 heterocycles. The predicted molar refractivity (Wildman–Crippen MR) is 74.4 cm³/mol. The highest BCUT2D eigenvalue weighted by atomic mass is 16.3. The highest BCUT2D eigenvalue weighted by Crippen LogP contribution is 2.26. The van der Waals surface area contributed by atoms with E-state index in [-0.39, 0.29) is 12.3 Å². The van der Waals surface area contributed by atoms with E-state index in [0.717, 1.165) is 24.4 Å². The van der Waals surface area contributed by atoms with Crippen molar-refractivity contribution in [1.29, 1.82) is 0 Å². The first-order valence-electron chi connectivity index (χ1n) is 6.79. The van der Waals surface area contributed by atoms with Crippen LogP contribution in [0.4, 0.5) is 5.95 Å². The topological polar surface area (TPSA) is 91.2 Å². The normalized spacial score (nSPS) is 22.7. The van der Waals surface area contributed by atoms with Gasteiger partial charge in [-0.25, -0.2) is 4.98 Å². The van der Waals surface area contributed by atoms with Crippen molar-refractivity contribution in [2.45, 2.75) is 38.7 Å². The highest BCUT2D eigenvalue weighted by molar-refractivity contribution is 5.76. The maximum absolute atomic E-state index is 11.5. The Labute approximate surface area is 118 Å². The van der Waals surface area contributed by atoms with Gasteiger partial charge in [-0.15, -0.1) is 5.10 Å². The number of rotatable bonds is 3. The molecule has 7 nitrogen and oxygen atoms in total. The van der Waals surface area contributed by atoms with Gasteiger partial charge in [0.05, 0.1) is 30.0 Å². The van der Waals surface area contributed by atoms with Gasteiger partial charge in [0, 0.05) is 13.6 Å². The maximum Gasteiger partial charge on any atom is 0.245 e. The number of β-amino-alcohol motifs (C(OH)–C–C–N with tert-alkyl or cyclic N) is 1. The van der Waals surface area contributed by atoms with Gasteiger partial charge in [0.2, 0.25) is 11.9 Å². The first kappa shape index (κ1) is 14.6. The summed E-state index contributed by atoms with van der Waals surface area (Å²) >= 11 is 0. The first-order chi connectivity index (χ1) is 9.43. The van der Waals surface area contributed by atoms with Crippen LogP contribution >= 0.6 is 0 Å². The lowest BCUT2D eigenvalue weighted by atomic mass is 9.89. The Balaban J connectivity index is 2.13. The second kappa shape index (κ2) is 5.70. The van der Waals surface area contributed by atoms with Crippen LogP contribution in [0.25, 0.3) is 0 Å². The molecule has 20 heavy (non-hydrogen) atoms. The van der Waals surface area contributed by atoms with Gasteiger partial charge >= 0.3 is 0 Å². The van der Waals surface area contributed by atoms with E-state index in [2.05, 4.69) is 20.5 Å². The summed E-state index contributed by atoms with van der Waals surface area (Å²) in [6.45, 7) is 4.86. The molecule has 1 atom stereocenters. The third-order valence-corrected chi connectivity index (χ3v) is 3.69. The first-order valence-corrected chi connectivity index (χ1v) is 6.79. The fraction of sp³-hybridized carbons (Fsp3) is 0.692. The number of aliphatic hydroxyl groups is 1.